The molecule has 0 N–H and O–H groups in total. The number of nitrogens with zero attached hydrogens (tertiary/aromatic N) is 4. The molecule has 0 spiro atoms. The highest BCUT2D eigenvalue weighted by atomic mass is 32.2. The van der Waals surface area contributed by atoms with E-state index in [1.54, 1.807) is 17.2 Å². The predicted molar refractivity (Wildman–Crippen MR) is 91.3 cm³/mol. The van der Waals surface area contributed by atoms with Gasteiger partial charge in [-0.05, 0) is 32.4 Å². The van der Waals surface area contributed by atoms with E-state index in [2.05, 4.69) is 9.97 Å². The molecular formula is C16H20N4O3S. The van der Waals surface area contributed by atoms with Gasteiger partial charge in [-0.25, -0.2) is 9.78 Å². The molecular weight excluding hydrogens is 328 g/mol. The number of pyridine rings is 1. The molecule has 1 fully saturated rings. The third-order valence-corrected chi connectivity index (χ3v) is 4.61. The summed E-state index contributed by atoms with van der Waals surface area (Å²) in [5.74, 6) is 0.218. The summed E-state index contributed by atoms with van der Waals surface area (Å²) in [6, 6.07) is 3.66. The Hall–Kier alpha value is -1.93. The minimum Gasteiger partial charge on any atom is -0.372 e. The van der Waals surface area contributed by atoms with Crippen LogP contribution in [0.4, 0.5) is 0 Å². The smallest absolute Gasteiger partial charge is 0.355 e. The highest BCUT2D eigenvalue weighted by molar-refractivity contribution is 7.99. The van der Waals surface area contributed by atoms with E-state index in [4.69, 9.17) is 4.74 Å². The number of morpholine rings is 1. The third kappa shape index (κ3) is 3.76. The summed E-state index contributed by atoms with van der Waals surface area (Å²) < 4.78 is 7.04. The van der Waals surface area contributed by atoms with Crippen molar-refractivity contribution in [2.24, 2.45) is 0 Å². The van der Waals surface area contributed by atoms with Crippen LogP contribution in [0.3, 0.4) is 0 Å². The second-order valence-electron chi connectivity index (χ2n) is 6.07. The molecule has 2 aromatic heterocycles. The summed E-state index contributed by atoms with van der Waals surface area (Å²) >= 11 is 1.19. The van der Waals surface area contributed by atoms with Crippen molar-refractivity contribution in [1.29, 1.82) is 0 Å². The molecule has 24 heavy (non-hydrogen) atoms. The van der Waals surface area contributed by atoms with Gasteiger partial charge in [-0.15, -0.1) is 0 Å². The van der Waals surface area contributed by atoms with Gasteiger partial charge >= 0.3 is 5.69 Å². The fraction of sp³-hybridized carbons (Fsp3) is 0.500. The maximum atomic E-state index is 12.4. The van der Waals surface area contributed by atoms with Gasteiger partial charge in [0.15, 0.2) is 5.16 Å². The Kier molecular flexibility index (Phi) is 4.86. The van der Waals surface area contributed by atoms with Crippen LogP contribution in [0.1, 0.15) is 19.4 Å². The summed E-state index contributed by atoms with van der Waals surface area (Å²) in [7, 11) is 0. The minimum atomic E-state index is -0.382. The average molecular weight is 348 g/mol. The fourth-order valence-corrected chi connectivity index (χ4v) is 3.50. The SMILES string of the molecule is Cc1ccc2nc(SCC(=O)N3C[C@@H](C)O[C@@H](C)C3)nc(=O)n2c1. The second-order valence-corrected chi connectivity index (χ2v) is 7.01. The van der Waals surface area contributed by atoms with Crippen LogP contribution >= 0.6 is 11.8 Å². The molecule has 0 radical (unpaired) electrons. The van der Waals surface area contributed by atoms with Crippen molar-refractivity contribution in [3.05, 3.63) is 34.4 Å². The first-order chi connectivity index (χ1) is 11.4. The first-order valence-corrected chi connectivity index (χ1v) is 8.84. The number of carbonyl (C=O) groups is 1. The van der Waals surface area contributed by atoms with Gasteiger partial charge < -0.3 is 9.64 Å². The second kappa shape index (κ2) is 6.90. The molecule has 1 aliphatic rings. The number of carbonyl (C=O) groups excluding carboxylic acids is 1. The molecule has 3 heterocycles. The van der Waals surface area contributed by atoms with Crippen LogP contribution < -0.4 is 5.69 Å². The molecule has 1 aliphatic heterocycles. The summed E-state index contributed by atoms with van der Waals surface area (Å²) in [6.45, 7) is 6.99. The maximum Gasteiger partial charge on any atom is 0.355 e. The van der Waals surface area contributed by atoms with Gasteiger partial charge in [-0.2, -0.15) is 4.98 Å². The Morgan fingerprint density at radius 3 is 2.71 bits per heavy atom. The van der Waals surface area contributed by atoms with Gasteiger partial charge in [0.25, 0.3) is 0 Å². The lowest BCUT2D eigenvalue weighted by atomic mass is 10.2. The van der Waals surface area contributed by atoms with Crippen LogP contribution in [0.15, 0.2) is 28.3 Å². The van der Waals surface area contributed by atoms with E-state index in [0.717, 1.165) is 5.56 Å². The molecule has 1 saturated heterocycles. The summed E-state index contributed by atoms with van der Waals surface area (Å²) in [4.78, 5) is 34.5. The third-order valence-electron chi connectivity index (χ3n) is 3.78. The van der Waals surface area contributed by atoms with E-state index in [0.29, 0.717) is 23.9 Å². The monoisotopic (exact) mass is 348 g/mol. The van der Waals surface area contributed by atoms with Crippen molar-refractivity contribution in [3.8, 4) is 0 Å². The van der Waals surface area contributed by atoms with Gasteiger partial charge in [0.2, 0.25) is 5.91 Å². The normalized spacial score (nSPS) is 21.2. The Labute approximate surface area is 144 Å². The zero-order valence-corrected chi connectivity index (χ0v) is 14.7. The van der Waals surface area contributed by atoms with Crippen LogP contribution in [-0.2, 0) is 9.53 Å². The molecule has 1 amide bonds. The first-order valence-electron chi connectivity index (χ1n) is 7.85. The van der Waals surface area contributed by atoms with Crippen LogP contribution in [-0.4, -0.2) is 56.2 Å². The van der Waals surface area contributed by atoms with Gasteiger partial charge in [-0.3, -0.25) is 9.20 Å². The molecule has 0 bridgehead atoms. The highest BCUT2D eigenvalue weighted by Crippen LogP contribution is 2.16. The Balaban J connectivity index is 1.70. The Morgan fingerprint density at radius 2 is 2.00 bits per heavy atom. The van der Waals surface area contributed by atoms with Crippen molar-refractivity contribution < 1.29 is 9.53 Å². The maximum absolute atomic E-state index is 12.4. The number of amides is 1. The number of hydrogen-bond acceptors (Lipinski definition) is 6. The first kappa shape index (κ1) is 16.9. The van der Waals surface area contributed by atoms with Gasteiger partial charge in [0.05, 0.1) is 18.0 Å². The summed E-state index contributed by atoms with van der Waals surface area (Å²) in [5, 5.41) is 0.326. The van der Waals surface area contributed by atoms with E-state index in [-0.39, 0.29) is 29.6 Å². The number of ether oxygens (including phenoxy) is 1. The van der Waals surface area contributed by atoms with E-state index in [1.807, 2.05) is 26.8 Å². The molecule has 8 heteroatoms. The predicted octanol–water partition coefficient (Wildman–Crippen LogP) is 1.13. The molecule has 2 atom stereocenters. The zero-order valence-electron chi connectivity index (χ0n) is 13.9. The number of aromatic nitrogens is 3. The summed E-state index contributed by atoms with van der Waals surface area (Å²) in [5.41, 5.74) is 1.11. The lowest BCUT2D eigenvalue weighted by molar-refractivity contribution is -0.140. The molecule has 0 aliphatic carbocycles. The average Bonchev–Trinajstić information content (AvgIpc) is 2.52. The lowest BCUT2D eigenvalue weighted by Gasteiger charge is -2.35. The van der Waals surface area contributed by atoms with Gasteiger partial charge in [0.1, 0.15) is 5.65 Å². The number of rotatable bonds is 3. The van der Waals surface area contributed by atoms with Crippen molar-refractivity contribution in [3.63, 3.8) is 0 Å². The number of aryl methyl sites for hydroxylation is 1. The molecule has 7 nitrogen and oxygen atoms in total. The van der Waals surface area contributed by atoms with Crippen molar-refractivity contribution in [1.82, 2.24) is 19.3 Å². The van der Waals surface area contributed by atoms with Crippen LogP contribution in [0.2, 0.25) is 0 Å². The number of fused-ring (bicyclic) bond motifs is 1. The zero-order chi connectivity index (χ0) is 17.3. The highest BCUT2D eigenvalue weighted by Gasteiger charge is 2.25. The van der Waals surface area contributed by atoms with Crippen molar-refractivity contribution in [2.75, 3.05) is 18.8 Å². The topological polar surface area (TPSA) is 76.8 Å². The Bertz CT molecular complexity index is 813. The van der Waals surface area contributed by atoms with E-state index in [1.165, 1.54) is 16.2 Å². The lowest BCUT2D eigenvalue weighted by Crippen LogP contribution is -2.48. The van der Waals surface area contributed by atoms with Crippen LogP contribution in [0, 0.1) is 6.92 Å². The van der Waals surface area contributed by atoms with E-state index < -0.39 is 0 Å². The number of hydrogen-bond donors (Lipinski definition) is 0. The minimum absolute atomic E-state index is 0.00899. The molecule has 128 valence electrons. The number of thioether (sulfide) groups is 1. The molecule has 0 unspecified atom stereocenters. The molecule has 0 aromatic carbocycles. The standard InChI is InChI=1S/C16H20N4O3S/c1-10-4-5-13-17-15(18-16(22)20(13)6-10)24-9-14(21)19-7-11(2)23-12(3)8-19/h4-6,11-12H,7-9H2,1-3H3/t11-,12+. The molecule has 3 rings (SSSR count). The van der Waals surface area contributed by atoms with Gasteiger partial charge in [0, 0.05) is 19.3 Å². The Morgan fingerprint density at radius 1 is 1.29 bits per heavy atom. The van der Waals surface area contributed by atoms with E-state index in [9.17, 15) is 9.59 Å². The van der Waals surface area contributed by atoms with Gasteiger partial charge in [-0.1, -0.05) is 17.8 Å². The van der Waals surface area contributed by atoms with Crippen molar-refractivity contribution >= 4 is 23.3 Å². The molecule has 2 aromatic rings. The van der Waals surface area contributed by atoms with Crippen molar-refractivity contribution in [2.45, 2.75) is 38.1 Å². The van der Waals surface area contributed by atoms with E-state index >= 15 is 0 Å². The summed E-state index contributed by atoms with van der Waals surface area (Å²) in [6.07, 6.45) is 1.77. The quantitative estimate of drug-likeness (QED) is 0.774. The molecule has 0 saturated carbocycles. The van der Waals surface area contributed by atoms with Crippen LogP contribution in [0.25, 0.3) is 5.65 Å². The largest absolute Gasteiger partial charge is 0.372 e. The van der Waals surface area contributed by atoms with Crippen LogP contribution in [0.5, 0.6) is 0 Å². The fourth-order valence-electron chi connectivity index (χ4n) is 2.77.